The molecule has 0 saturated heterocycles. The second kappa shape index (κ2) is 6.34. The van der Waals surface area contributed by atoms with Crippen LogP contribution in [0.1, 0.15) is 30.6 Å². The van der Waals surface area contributed by atoms with Crippen LogP contribution in [0.4, 0.5) is 0 Å². The largest absolute Gasteiger partial charge is 0.294 e. The van der Waals surface area contributed by atoms with E-state index >= 15 is 0 Å². The van der Waals surface area contributed by atoms with Crippen molar-refractivity contribution in [3.63, 3.8) is 0 Å². The molecule has 0 amide bonds. The van der Waals surface area contributed by atoms with Crippen LogP contribution in [0.5, 0.6) is 0 Å². The lowest BCUT2D eigenvalue weighted by Gasteiger charge is -2.05. The van der Waals surface area contributed by atoms with E-state index in [1.807, 2.05) is 0 Å². The van der Waals surface area contributed by atoms with Crippen LogP contribution in [-0.2, 0) is 10.0 Å². The lowest BCUT2D eigenvalue weighted by atomic mass is 10.1. The molecular weight excluding hydrogens is 250 g/mol. The van der Waals surface area contributed by atoms with Crippen molar-refractivity contribution in [2.75, 3.05) is 6.54 Å². The minimum atomic E-state index is -3.60. The lowest BCUT2D eigenvalue weighted by molar-refractivity contribution is 0.0988. The van der Waals surface area contributed by atoms with E-state index in [1.54, 1.807) is 26.0 Å². The Balaban J connectivity index is 3.01. The molecule has 96 valence electrons. The first-order valence-electron chi connectivity index (χ1n) is 5.53. The van der Waals surface area contributed by atoms with Gasteiger partial charge in [0.25, 0.3) is 0 Å². The van der Waals surface area contributed by atoms with Gasteiger partial charge in [0.05, 0.1) is 11.4 Å². The van der Waals surface area contributed by atoms with Gasteiger partial charge in [0.1, 0.15) is 0 Å². The summed E-state index contributed by atoms with van der Waals surface area (Å²) >= 11 is 0. The Kier molecular flexibility index (Phi) is 5.08. The van der Waals surface area contributed by atoms with Gasteiger partial charge in [-0.05, 0) is 19.1 Å². The molecule has 0 atom stereocenters. The molecule has 0 unspecified atom stereocenters. The van der Waals surface area contributed by atoms with Gasteiger partial charge in [-0.1, -0.05) is 25.0 Å². The number of nitrogens with one attached hydrogen (secondary N) is 1. The fourth-order valence-electron chi connectivity index (χ4n) is 1.34. The predicted molar refractivity (Wildman–Crippen MR) is 69.7 cm³/mol. The summed E-state index contributed by atoms with van der Waals surface area (Å²) < 4.78 is 26.1. The Morgan fingerprint density at radius 3 is 2.72 bits per heavy atom. The molecule has 1 rings (SSSR count). The summed E-state index contributed by atoms with van der Waals surface area (Å²) in [6, 6.07) is 6.00. The van der Waals surface area contributed by atoms with Gasteiger partial charge >= 0.3 is 0 Å². The summed E-state index contributed by atoms with van der Waals surface area (Å²) in [5.74, 6) is 5.13. The molecule has 0 fully saturated rings. The first kappa shape index (κ1) is 14.4. The number of benzene rings is 1. The maximum Gasteiger partial charge on any atom is 0.241 e. The van der Waals surface area contributed by atoms with Gasteiger partial charge in [0, 0.05) is 12.0 Å². The van der Waals surface area contributed by atoms with Gasteiger partial charge in [-0.15, -0.1) is 5.92 Å². The van der Waals surface area contributed by atoms with Gasteiger partial charge in [0.15, 0.2) is 5.78 Å². The predicted octanol–water partition coefficient (Wildman–Crippen LogP) is 1.58. The molecule has 4 nitrogen and oxygen atoms in total. The van der Waals surface area contributed by atoms with E-state index in [1.165, 1.54) is 12.1 Å². The monoisotopic (exact) mass is 265 g/mol. The van der Waals surface area contributed by atoms with E-state index < -0.39 is 10.0 Å². The Morgan fingerprint density at radius 1 is 1.39 bits per heavy atom. The smallest absolute Gasteiger partial charge is 0.241 e. The number of hydrogen-bond acceptors (Lipinski definition) is 3. The Bertz CT molecular complexity index is 594. The minimum absolute atomic E-state index is 0.0603. The summed E-state index contributed by atoms with van der Waals surface area (Å²) in [5, 5.41) is 0. The molecule has 0 heterocycles. The van der Waals surface area contributed by atoms with E-state index in [4.69, 9.17) is 0 Å². The Labute approximate surface area is 107 Å². The number of Topliss-reactive ketones (excluding diaryl/α,β-unsaturated/α-hetero) is 1. The normalized spacial score (nSPS) is 10.6. The first-order chi connectivity index (χ1) is 8.51. The van der Waals surface area contributed by atoms with Crippen molar-refractivity contribution in [3.8, 4) is 11.8 Å². The van der Waals surface area contributed by atoms with E-state index in [2.05, 4.69) is 16.6 Å². The number of ketones is 1. The van der Waals surface area contributed by atoms with E-state index in [0.717, 1.165) is 0 Å². The number of carbonyl (C=O) groups excluding carboxylic acids is 1. The second-order valence-electron chi connectivity index (χ2n) is 3.56. The molecule has 5 heteroatoms. The third kappa shape index (κ3) is 3.69. The molecule has 1 aromatic rings. The SMILES string of the molecule is CC#CCNS(=O)(=O)c1cccc(C(=O)CC)c1. The van der Waals surface area contributed by atoms with Gasteiger partial charge in [-0.25, -0.2) is 8.42 Å². The molecule has 0 spiro atoms. The zero-order valence-electron chi connectivity index (χ0n) is 10.4. The Morgan fingerprint density at radius 2 is 2.11 bits per heavy atom. The molecule has 1 N–H and O–H groups in total. The highest BCUT2D eigenvalue weighted by molar-refractivity contribution is 7.89. The molecule has 0 aliphatic heterocycles. The van der Waals surface area contributed by atoms with Gasteiger partial charge < -0.3 is 0 Å². The van der Waals surface area contributed by atoms with Gasteiger partial charge in [0.2, 0.25) is 10.0 Å². The zero-order valence-corrected chi connectivity index (χ0v) is 11.2. The van der Waals surface area contributed by atoms with E-state index in [9.17, 15) is 13.2 Å². The lowest BCUT2D eigenvalue weighted by Crippen LogP contribution is -2.24. The molecule has 0 aliphatic carbocycles. The minimum Gasteiger partial charge on any atom is -0.294 e. The molecule has 18 heavy (non-hydrogen) atoms. The quantitative estimate of drug-likeness (QED) is 0.649. The van der Waals surface area contributed by atoms with Crippen LogP contribution in [-0.4, -0.2) is 20.7 Å². The van der Waals surface area contributed by atoms with Crippen molar-refractivity contribution in [1.82, 2.24) is 4.72 Å². The zero-order chi connectivity index (χ0) is 13.6. The molecule has 0 radical (unpaired) electrons. The fraction of sp³-hybridized carbons (Fsp3) is 0.308. The fourth-order valence-corrected chi connectivity index (χ4v) is 2.31. The Hall–Kier alpha value is -1.64. The number of carbonyl (C=O) groups is 1. The van der Waals surface area contributed by atoms with Crippen molar-refractivity contribution in [2.45, 2.75) is 25.2 Å². The van der Waals surface area contributed by atoms with Crippen LogP contribution in [0.25, 0.3) is 0 Å². The van der Waals surface area contributed by atoms with Crippen molar-refractivity contribution >= 4 is 15.8 Å². The first-order valence-corrected chi connectivity index (χ1v) is 7.02. The van der Waals surface area contributed by atoms with Crippen molar-refractivity contribution in [3.05, 3.63) is 29.8 Å². The average Bonchev–Trinajstić information content (AvgIpc) is 2.38. The second-order valence-corrected chi connectivity index (χ2v) is 5.32. The van der Waals surface area contributed by atoms with Crippen molar-refractivity contribution in [1.29, 1.82) is 0 Å². The van der Waals surface area contributed by atoms with E-state index in [-0.39, 0.29) is 17.2 Å². The van der Waals surface area contributed by atoms with Crippen LogP contribution in [0, 0.1) is 11.8 Å². The molecule has 1 aromatic carbocycles. The number of hydrogen-bond donors (Lipinski definition) is 1. The maximum absolute atomic E-state index is 11.9. The number of rotatable bonds is 5. The van der Waals surface area contributed by atoms with Crippen LogP contribution in [0.15, 0.2) is 29.2 Å². The third-order valence-corrected chi connectivity index (χ3v) is 3.71. The standard InChI is InChI=1S/C13H15NO3S/c1-3-5-9-14-18(16,17)12-8-6-7-11(10-12)13(15)4-2/h6-8,10,14H,4,9H2,1-2H3. The summed E-state index contributed by atoms with van der Waals surface area (Å²) in [6.45, 7) is 3.43. The highest BCUT2D eigenvalue weighted by Gasteiger charge is 2.14. The third-order valence-electron chi connectivity index (χ3n) is 2.31. The van der Waals surface area contributed by atoms with Crippen LogP contribution >= 0.6 is 0 Å². The molecule has 0 bridgehead atoms. The molecular formula is C13H15NO3S. The highest BCUT2D eigenvalue weighted by atomic mass is 32.2. The molecule has 0 saturated carbocycles. The van der Waals surface area contributed by atoms with Crippen LogP contribution in [0.3, 0.4) is 0 Å². The van der Waals surface area contributed by atoms with Crippen LogP contribution < -0.4 is 4.72 Å². The number of sulfonamides is 1. The van der Waals surface area contributed by atoms with Gasteiger partial charge in [-0.3, -0.25) is 4.79 Å². The molecule has 0 aliphatic rings. The maximum atomic E-state index is 11.9. The topological polar surface area (TPSA) is 63.2 Å². The average molecular weight is 265 g/mol. The summed E-state index contributed by atoms with van der Waals surface area (Å²) in [6.07, 6.45) is 0.345. The van der Waals surface area contributed by atoms with Crippen LogP contribution in [0.2, 0.25) is 0 Å². The molecule has 0 aromatic heterocycles. The van der Waals surface area contributed by atoms with Crippen molar-refractivity contribution in [2.24, 2.45) is 0 Å². The van der Waals surface area contributed by atoms with Crippen molar-refractivity contribution < 1.29 is 13.2 Å². The summed E-state index contributed by atoms with van der Waals surface area (Å²) in [5.41, 5.74) is 0.405. The van der Waals surface area contributed by atoms with Gasteiger partial charge in [-0.2, -0.15) is 4.72 Å². The summed E-state index contributed by atoms with van der Waals surface area (Å²) in [4.78, 5) is 11.6. The summed E-state index contributed by atoms with van der Waals surface area (Å²) in [7, 11) is -3.60. The van der Waals surface area contributed by atoms with E-state index in [0.29, 0.717) is 12.0 Å². The highest BCUT2D eigenvalue weighted by Crippen LogP contribution is 2.12.